The number of halogens is 1. The Balaban J connectivity index is 1.60. The number of carbonyl (C=O) groups excluding carboxylic acids is 1. The molecule has 2 nitrogen and oxygen atoms in total. The standard InChI is InChI=1S/C18H24FNO/c19-16-9-3-1-6-14(16)11-12-18(21)20-13-5-8-15-7-2-4-10-17(15)20/h1,3,6,9,15,17H,2,4-5,7-8,10-13H2. The Bertz CT molecular complexity index is 500. The van der Waals surface area contributed by atoms with E-state index in [0.717, 1.165) is 19.4 Å². The van der Waals surface area contributed by atoms with Crippen LogP contribution in [0.4, 0.5) is 4.39 Å². The van der Waals surface area contributed by atoms with E-state index in [1.165, 1.54) is 31.7 Å². The van der Waals surface area contributed by atoms with Crippen molar-refractivity contribution in [2.24, 2.45) is 5.92 Å². The van der Waals surface area contributed by atoms with Crippen LogP contribution in [0.2, 0.25) is 0 Å². The first kappa shape index (κ1) is 14.6. The average molecular weight is 289 g/mol. The first-order chi connectivity index (χ1) is 10.3. The Morgan fingerprint density at radius 1 is 1.14 bits per heavy atom. The van der Waals surface area contributed by atoms with Gasteiger partial charge in [-0.1, -0.05) is 31.0 Å². The fourth-order valence-electron chi connectivity index (χ4n) is 4.02. The van der Waals surface area contributed by atoms with E-state index in [1.54, 1.807) is 12.1 Å². The van der Waals surface area contributed by atoms with Crippen LogP contribution >= 0.6 is 0 Å². The highest BCUT2D eigenvalue weighted by molar-refractivity contribution is 5.77. The van der Waals surface area contributed by atoms with Gasteiger partial charge in [-0.05, 0) is 49.7 Å². The number of rotatable bonds is 3. The van der Waals surface area contributed by atoms with Crippen molar-refractivity contribution in [2.45, 2.75) is 57.4 Å². The lowest BCUT2D eigenvalue weighted by molar-refractivity contribution is -0.137. The van der Waals surface area contributed by atoms with Crippen LogP contribution < -0.4 is 0 Å². The van der Waals surface area contributed by atoms with Gasteiger partial charge in [0.25, 0.3) is 0 Å². The van der Waals surface area contributed by atoms with Crippen molar-refractivity contribution < 1.29 is 9.18 Å². The molecule has 1 saturated carbocycles. The summed E-state index contributed by atoms with van der Waals surface area (Å²) in [6.07, 6.45) is 8.37. The van der Waals surface area contributed by atoms with E-state index in [4.69, 9.17) is 0 Å². The van der Waals surface area contributed by atoms with Crippen LogP contribution in [-0.4, -0.2) is 23.4 Å². The molecule has 114 valence electrons. The number of piperidine rings is 1. The van der Waals surface area contributed by atoms with Crippen LogP contribution in [0.25, 0.3) is 0 Å². The number of aryl methyl sites for hydroxylation is 1. The summed E-state index contributed by atoms with van der Waals surface area (Å²) in [5.41, 5.74) is 0.656. The molecule has 0 radical (unpaired) electrons. The Labute approximate surface area is 126 Å². The Hall–Kier alpha value is -1.38. The lowest BCUT2D eigenvalue weighted by Crippen LogP contribution is -2.49. The highest BCUT2D eigenvalue weighted by Gasteiger charge is 2.35. The second kappa shape index (κ2) is 6.59. The Kier molecular flexibility index (Phi) is 4.57. The first-order valence-corrected chi connectivity index (χ1v) is 8.28. The van der Waals surface area contributed by atoms with Gasteiger partial charge >= 0.3 is 0 Å². The smallest absolute Gasteiger partial charge is 0.223 e. The highest BCUT2D eigenvalue weighted by Crippen LogP contribution is 2.35. The number of hydrogen-bond donors (Lipinski definition) is 0. The van der Waals surface area contributed by atoms with Gasteiger partial charge in [-0.15, -0.1) is 0 Å². The normalized spacial score (nSPS) is 25.5. The number of amides is 1. The van der Waals surface area contributed by atoms with Crippen molar-refractivity contribution in [3.63, 3.8) is 0 Å². The van der Waals surface area contributed by atoms with Crippen LogP contribution in [0.3, 0.4) is 0 Å². The zero-order valence-corrected chi connectivity index (χ0v) is 12.6. The predicted molar refractivity (Wildman–Crippen MR) is 81.4 cm³/mol. The molecule has 1 aliphatic heterocycles. The molecule has 3 heteroatoms. The monoisotopic (exact) mass is 289 g/mol. The Morgan fingerprint density at radius 3 is 2.76 bits per heavy atom. The predicted octanol–water partition coefficient (Wildman–Crippen LogP) is 3.94. The lowest BCUT2D eigenvalue weighted by atomic mass is 9.78. The van der Waals surface area contributed by atoms with Gasteiger partial charge in [-0.2, -0.15) is 0 Å². The van der Waals surface area contributed by atoms with Gasteiger partial charge in [0.1, 0.15) is 5.82 Å². The van der Waals surface area contributed by atoms with E-state index >= 15 is 0 Å². The maximum Gasteiger partial charge on any atom is 0.223 e. The van der Waals surface area contributed by atoms with Crippen LogP contribution in [0.1, 0.15) is 50.5 Å². The second-order valence-corrected chi connectivity index (χ2v) is 6.43. The number of likely N-dealkylation sites (tertiary alicyclic amines) is 1. The van der Waals surface area contributed by atoms with Crippen LogP contribution in [0, 0.1) is 11.7 Å². The summed E-state index contributed by atoms with van der Waals surface area (Å²) in [5, 5.41) is 0. The minimum absolute atomic E-state index is 0.195. The van der Waals surface area contributed by atoms with E-state index in [-0.39, 0.29) is 11.7 Å². The van der Waals surface area contributed by atoms with Gasteiger partial charge < -0.3 is 4.90 Å². The number of hydrogen-bond acceptors (Lipinski definition) is 1. The fraction of sp³-hybridized carbons (Fsp3) is 0.611. The van der Waals surface area contributed by atoms with Gasteiger partial charge in [0.05, 0.1) is 0 Å². The van der Waals surface area contributed by atoms with Crippen LogP contribution in [0.5, 0.6) is 0 Å². The maximum absolute atomic E-state index is 13.6. The van der Waals surface area contributed by atoms with Crippen LogP contribution in [-0.2, 0) is 11.2 Å². The van der Waals surface area contributed by atoms with E-state index in [1.807, 2.05) is 6.07 Å². The summed E-state index contributed by atoms with van der Waals surface area (Å²) >= 11 is 0. The summed E-state index contributed by atoms with van der Waals surface area (Å²) in [5.74, 6) is 0.735. The quantitative estimate of drug-likeness (QED) is 0.825. The molecule has 21 heavy (non-hydrogen) atoms. The maximum atomic E-state index is 13.6. The molecule has 1 aromatic rings. The molecule has 3 rings (SSSR count). The number of fused-ring (bicyclic) bond motifs is 1. The average Bonchev–Trinajstić information content (AvgIpc) is 2.53. The van der Waals surface area contributed by atoms with Crippen molar-refractivity contribution in [3.05, 3.63) is 35.6 Å². The second-order valence-electron chi connectivity index (χ2n) is 6.43. The molecule has 1 saturated heterocycles. The third-order valence-corrected chi connectivity index (χ3v) is 5.13. The minimum atomic E-state index is -0.195. The third-order valence-electron chi connectivity index (χ3n) is 5.13. The van der Waals surface area contributed by atoms with E-state index in [0.29, 0.717) is 30.4 Å². The topological polar surface area (TPSA) is 20.3 Å². The van der Waals surface area contributed by atoms with Gasteiger partial charge in [-0.3, -0.25) is 4.79 Å². The summed E-state index contributed by atoms with van der Waals surface area (Å²) in [6, 6.07) is 7.24. The fourth-order valence-corrected chi connectivity index (χ4v) is 4.02. The number of benzene rings is 1. The zero-order chi connectivity index (χ0) is 14.7. The zero-order valence-electron chi connectivity index (χ0n) is 12.6. The van der Waals surface area contributed by atoms with Crippen molar-refractivity contribution in [1.29, 1.82) is 0 Å². The van der Waals surface area contributed by atoms with E-state index < -0.39 is 0 Å². The van der Waals surface area contributed by atoms with Crippen molar-refractivity contribution >= 4 is 5.91 Å². The molecule has 2 fully saturated rings. The molecule has 2 aliphatic rings. The van der Waals surface area contributed by atoms with Crippen molar-refractivity contribution in [2.75, 3.05) is 6.54 Å². The molecule has 0 N–H and O–H groups in total. The molecule has 1 heterocycles. The molecular weight excluding hydrogens is 265 g/mol. The molecule has 0 aromatic heterocycles. The SMILES string of the molecule is O=C(CCc1ccccc1F)N1CCCC2CCCCC21. The van der Waals surface area contributed by atoms with Gasteiger partial charge in [-0.25, -0.2) is 4.39 Å². The third kappa shape index (κ3) is 3.28. The highest BCUT2D eigenvalue weighted by atomic mass is 19.1. The number of carbonyl (C=O) groups is 1. The van der Waals surface area contributed by atoms with E-state index in [2.05, 4.69) is 4.90 Å². The molecule has 1 aromatic carbocycles. The Morgan fingerprint density at radius 2 is 1.90 bits per heavy atom. The van der Waals surface area contributed by atoms with Crippen molar-refractivity contribution in [3.8, 4) is 0 Å². The molecule has 1 amide bonds. The minimum Gasteiger partial charge on any atom is -0.339 e. The molecule has 1 aliphatic carbocycles. The molecular formula is C18H24FNO. The van der Waals surface area contributed by atoms with Gasteiger partial charge in [0, 0.05) is 19.0 Å². The number of nitrogens with zero attached hydrogens (tertiary/aromatic N) is 1. The summed E-state index contributed by atoms with van der Waals surface area (Å²) in [4.78, 5) is 14.6. The first-order valence-electron chi connectivity index (χ1n) is 8.28. The molecule has 0 bridgehead atoms. The molecule has 2 atom stereocenters. The summed E-state index contributed by atoms with van der Waals surface area (Å²) in [6.45, 7) is 0.900. The van der Waals surface area contributed by atoms with Crippen molar-refractivity contribution in [1.82, 2.24) is 4.90 Å². The summed E-state index contributed by atoms with van der Waals surface area (Å²) < 4.78 is 13.6. The van der Waals surface area contributed by atoms with Gasteiger partial charge in [0.15, 0.2) is 0 Å². The molecule has 0 spiro atoms. The van der Waals surface area contributed by atoms with E-state index in [9.17, 15) is 9.18 Å². The molecule has 2 unspecified atom stereocenters. The summed E-state index contributed by atoms with van der Waals surface area (Å²) in [7, 11) is 0. The van der Waals surface area contributed by atoms with Gasteiger partial charge in [0.2, 0.25) is 5.91 Å². The lowest BCUT2D eigenvalue weighted by Gasteiger charge is -2.44. The largest absolute Gasteiger partial charge is 0.339 e. The van der Waals surface area contributed by atoms with Crippen LogP contribution in [0.15, 0.2) is 24.3 Å².